The lowest BCUT2D eigenvalue weighted by Gasteiger charge is -2.46. The maximum atomic E-state index is 2.69. The minimum Gasteiger partial charge on any atom is -0.0778 e. The molecular formula is C23H38Si2. The third-order valence-electron chi connectivity index (χ3n) is 7.04. The average molecular weight is 371 g/mol. The van der Waals surface area contributed by atoms with E-state index >= 15 is 0 Å². The molecule has 0 unspecified atom stereocenters. The third kappa shape index (κ3) is 2.66. The first-order valence-electron chi connectivity index (χ1n) is 10.3. The van der Waals surface area contributed by atoms with E-state index < -0.39 is 16.1 Å². The molecule has 2 aliphatic carbocycles. The van der Waals surface area contributed by atoms with Crippen molar-refractivity contribution in [1.29, 1.82) is 0 Å². The molecule has 0 aromatic rings. The van der Waals surface area contributed by atoms with Gasteiger partial charge in [0.25, 0.3) is 0 Å². The standard InChI is InChI=1S/C23H38Si2/c1-14(2)17-11-20-21(12-17)25(9,10)23-19(16(5)6)13-18(15(3)4)22(23)24(20,7)8/h11-12,14-17H,13H2,1-10H3. The Morgan fingerprint density at radius 3 is 1.36 bits per heavy atom. The topological polar surface area (TPSA) is 0 Å². The Hall–Kier alpha value is -0.606. The first-order valence-corrected chi connectivity index (χ1v) is 16.3. The van der Waals surface area contributed by atoms with E-state index in [1.165, 1.54) is 6.42 Å². The van der Waals surface area contributed by atoms with Crippen LogP contribution in [0.25, 0.3) is 0 Å². The van der Waals surface area contributed by atoms with Crippen LogP contribution in [0.15, 0.2) is 44.1 Å². The maximum Gasteiger partial charge on any atom is 0.111 e. The molecule has 1 heterocycles. The van der Waals surface area contributed by atoms with Crippen LogP contribution in [0.3, 0.4) is 0 Å². The van der Waals surface area contributed by atoms with E-state index in [4.69, 9.17) is 0 Å². The SMILES string of the molecule is CC(C)C1=C2C(=C(C(C)C)C1)[Si](C)(C)C1=CC(C(C)C)C=C1[Si]2(C)C. The van der Waals surface area contributed by atoms with E-state index in [2.05, 4.69) is 79.9 Å². The highest BCUT2D eigenvalue weighted by molar-refractivity contribution is 7.06. The fourth-order valence-corrected chi connectivity index (χ4v) is 16.4. The van der Waals surface area contributed by atoms with Gasteiger partial charge in [0.15, 0.2) is 0 Å². The summed E-state index contributed by atoms with van der Waals surface area (Å²) in [6, 6.07) is 0. The van der Waals surface area contributed by atoms with E-state index in [1.807, 2.05) is 20.8 Å². The smallest absolute Gasteiger partial charge is 0.0778 e. The minimum absolute atomic E-state index is 0.661. The zero-order valence-corrected chi connectivity index (χ0v) is 20.2. The van der Waals surface area contributed by atoms with Gasteiger partial charge in [-0.15, -0.1) is 0 Å². The Bertz CT molecular complexity index is 663. The van der Waals surface area contributed by atoms with Crippen molar-refractivity contribution in [2.24, 2.45) is 23.7 Å². The highest BCUT2D eigenvalue weighted by Crippen LogP contribution is 2.57. The summed E-state index contributed by atoms with van der Waals surface area (Å²) in [5, 5.41) is 7.39. The number of fused-ring (bicyclic) bond motifs is 2. The van der Waals surface area contributed by atoms with Gasteiger partial charge in [0.05, 0.1) is 0 Å². The predicted octanol–water partition coefficient (Wildman–Crippen LogP) is 7.02. The molecule has 2 heteroatoms. The maximum absolute atomic E-state index is 2.69. The zero-order chi connectivity index (χ0) is 18.9. The summed E-state index contributed by atoms with van der Waals surface area (Å²) < 4.78 is 0. The normalized spacial score (nSPS) is 25.2. The molecule has 0 aromatic heterocycles. The molecule has 0 radical (unpaired) electrons. The van der Waals surface area contributed by atoms with Gasteiger partial charge in [-0.2, -0.15) is 0 Å². The molecule has 1 aliphatic heterocycles. The van der Waals surface area contributed by atoms with Gasteiger partial charge >= 0.3 is 0 Å². The molecule has 25 heavy (non-hydrogen) atoms. The molecule has 1 saturated heterocycles. The Labute approximate surface area is 158 Å². The quantitative estimate of drug-likeness (QED) is 0.468. The Morgan fingerprint density at radius 2 is 1.08 bits per heavy atom. The van der Waals surface area contributed by atoms with Crippen LogP contribution in [-0.2, 0) is 0 Å². The van der Waals surface area contributed by atoms with Crippen LogP contribution in [0, 0.1) is 23.7 Å². The molecule has 1 fully saturated rings. The van der Waals surface area contributed by atoms with Gasteiger partial charge in [-0.1, -0.05) is 112 Å². The molecule has 0 atom stereocenters. The van der Waals surface area contributed by atoms with Gasteiger partial charge in [0.2, 0.25) is 0 Å². The second kappa shape index (κ2) is 5.95. The van der Waals surface area contributed by atoms with Crippen LogP contribution in [0.4, 0.5) is 0 Å². The van der Waals surface area contributed by atoms with Crippen molar-refractivity contribution in [1.82, 2.24) is 0 Å². The summed E-state index contributed by atoms with van der Waals surface area (Å²) in [6.07, 6.45) is 6.65. The van der Waals surface area contributed by atoms with Gasteiger partial charge in [-0.05, 0) is 30.1 Å². The molecular weight excluding hydrogens is 332 g/mol. The zero-order valence-electron chi connectivity index (χ0n) is 18.2. The number of hydrogen-bond donors (Lipinski definition) is 0. The number of rotatable bonds is 3. The van der Waals surface area contributed by atoms with Crippen LogP contribution in [0.1, 0.15) is 48.0 Å². The molecule has 0 nitrogen and oxygen atoms in total. The first-order chi connectivity index (χ1) is 11.4. The summed E-state index contributed by atoms with van der Waals surface area (Å²) in [5.41, 5.74) is 3.59. The second-order valence-electron chi connectivity index (χ2n) is 10.5. The molecule has 3 aliphatic rings. The Balaban J connectivity index is 2.32. The predicted molar refractivity (Wildman–Crippen MR) is 118 cm³/mol. The highest BCUT2D eigenvalue weighted by Gasteiger charge is 2.54. The second-order valence-corrected chi connectivity index (χ2v) is 19.1. The Kier molecular flexibility index (Phi) is 4.56. The van der Waals surface area contributed by atoms with E-state index in [0.717, 1.165) is 5.92 Å². The van der Waals surface area contributed by atoms with Gasteiger partial charge < -0.3 is 0 Å². The molecule has 0 aromatic carbocycles. The largest absolute Gasteiger partial charge is 0.111 e. The third-order valence-corrected chi connectivity index (χ3v) is 14.7. The molecule has 0 N–H and O–H groups in total. The van der Waals surface area contributed by atoms with Gasteiger partial charge in [0, 0.05) is 0 Å². The lowest BCUT2D eigenvalue weighted by Crippen LogP contribution is -2.50. The van der Waals surface area contributed by atoms with Crippen molar-refractivity contribution >= 4 is 16.1 Å². The minimum atomic E-state index is -1.59. The molecule has 0 amide bonds. The molecule has 3 rings (SSSR count). The monoisotopic (exact) mass is 370 g/mol. The van der Waals surface area contributed by atoms with Crippen LogP contribution >= 0.6 is 0 Å². The fourth-order valence-electron chi connectivity index (χ4n) is 5.47. The van der Waals surface area contributed by atoms with Crippen LogP contribution in [0.2, 0.25) is 26.2 Å². The summed E-state index contributed by atoms with van der Waals surface area (Å²) in [5.74, 6) is 2.75. The van der Waals surface area contributed by atoms with Crippen LogP contribution in [-0.4, -0.2) is 16.1 Å². The summed E-state index contributed by atoms with van der Waals surface area (Å²) in [7, 11) is -3.18. The van der Waals surface area contributed by atoms with Crippen LogP contribution < -0.4 is 0 Å². The van der Waals surface area contributed by atoms with Gasteiger partial charge in [-0.3, -0.25) is 0 Å². The van der Waals surface area contributed by atoms with E-state index in [-0.39, 0.29) is 0 Å². The Morgan fingerprint density at radius 1 is 0.720 bits per heavy atom. The first kappa shape index (κ1) is 19.2. The van der Waals surface area contributed by atoms with Crippen molar-refractivity contribution < 1.29 is 0 Å². The van der Waals surface area contributed by atoms with E-state index in [0.29, 0.717) is 17.8 Å². The van der Waals surface area contributed by atoms with Gasteiger partial charge in [0.1, 0.15) is 16.1 Å². The van der Waals surface area contributed by atoms with E-state index in [1.54, 1.807) is 11.1 Å². The lowest BCUT2D eigenvalue weighted by atomic mass is 9.95. The molecule has 0 spiro atoms. The molecule has 0 saturated carbocycles. The van der Waals surface area contributed by atoms with E-state index in [9.17, 15) is 0 Å². The summed E-state index contributed by atoms with van der Waals surface area (Å²) >= 11 is 0. The summed E-state index contributed by atoms with van der Waals surface area (Å²) in [4.78, 5) is 0. The van der Waals surface area contributed by atoms with Crippen molar-refractivity contribution in [3.05, 3.63) is 44.1 Å². The van der Waals surface area contributed by atoms with Crippen molar-refractivity contribution in [2.45, 2.75) is 74.2 Å². The highest BCUT2D eigenvalue weighted by atomic mass is 28.3. The lowest BCUT2D eigenvalue weighted by molar-refractivity contribution is 0.555. The fraction of sp³-hybridized carbons (Fsp3) is 0.652. The van der Waals surface area contributed by atoms with Crippen molar-refractivity contribution in [3.8, 4) is 0 Å². The number of allylic oxidation sites excluding steroid dienone is 8. The average Bonchev–Trinajstić information content (AvgIpc) is 3.09. The van der Waals surface area contributed by atoms with Gasteiger partial charge in [-0.25, -0.2) is 0 Å². The summed E-state index contributed by atoms with van der Waals surface area (Å²) in [6.45, 7) is 25.0. The number of hydrogen-bond acceptors (Lipinski definition) is 0. The van der Waals surface area contributed by atoms with Crippen LogP contribution in [0.5, 0.6) is 0 Å². The van der Waals surface area contributed by atoms with Crippen molar-refractivity contribution in [2.75, 3.05) is 0 Å². The van der Waals surface area contributed by atoms with Crippen molar-refractivity contribution in [3.63, 3.8) is 0 Å². The molecule has 138 valence electrons. The molecule has 0 bridgehead atoms.